The second-order valence-corrected chi connectivity index (χ2v) is 4.24. The fourth-order valence-corrected chi connectivity index (χ4v) is 1.63. The fraction of sp³-hybridized carbons (Fsp3) is 0.538. The van der Waals surface area contributed by atoms with Crippen LogP contribution < -0.4 is 11.1 Å². The summed E-state index contributed by atoms with van der Waals surface area (Å²) in [6.45, 7) is 4.96. The highest BCUT2D eigenvalue weighted by Gasteiger charge is 2.05. The molecule has 0 radical (unpaired) electrons. The van der Waals surface area contributed by atoms with Crippen LogP contribution in [0.15, 0.2) is 18.2 Å². The monoisotopic (exact) mass is 224 g/mol. The number of nitrogens with one attached hydrogen (secondary N) is 1. The molecule has 0 heterocycles. The molecule has 1 aromatic rings. The van der Waals surface area contributed by atoms with Gasteiger partial charge >= 0.3 is 0 Å². The van der Waals surface area contributed by atoms with Crippen molar-refractivity contribution in [1.82, 2.24) is 5.32 Å². The van der Waals surface area contributed by atoms with E-state index in [-0.39, 0.29) is 11.5 Å². The SMILES string of the molecule is CCCCC(C)NCc1cccc(F)c1N. The van der Waals surface area contributed by atoms with Crippen LogP contribution in [0.4, 0.5) is 10.1 Å². The first kappa shape index (κ1) is 13.0. The van der Waals surface area contributed by atoms with Gasteiger partial charge < -0.3 is 11.1 Å². The van der Waals surface area contributed by atoms with Crippen LogP contribution in [0.1, 0.15) is 38.7 Å². The van der Waals surface area contributed by atoms with Crippen molar-refractivity contribution in [3.05, 3.63) is 29.6 Å². The van der Waals surface area contributed by atoms with Gasteiger partial charge in [-0.3, -0.25) is 0 Å². The van der Waals surface area contributed by atoms with E-state index < -0.39 is 0 Å². The lowest BCUT2D eigenvalue weighted by molar-refractivity contribution is 0.494. The second kappa shape index (κ2) is 6.48. The third kappa shape index (κ3) is 3.81. The Morgan fingerprint density at radius 3 is 2.88 bits per heavy atom. The van der Waals surface area contributed by atoms with Crippen molar-refractivity contribution in [2.75, 3.05) is 5.73 Å². The van der Waals surface area contributed by atoms with Crippen LogP contribution in [0.3, 0.4) is 0 Å². The summed E-state index contributed by atoms with van der Waals surface area (Å²) in [4.78, 5) is 0. The first-order valence-electron chi connectivity index (χ1n) is 5.91. The zero-order chi connectivity index (χ0) is 12.0. The van der Waals surface area contributed by atoms with E-state index in [1.165, 1.54) is 18.9 Å². The lowest BCUT2D eigenvalue weighted by Crippen LogP contribution is -2.25. The van der Waals surface area contributed by atoms with Gasteiger partial charge in [-0.2, -0.15) is 0 Å². The minimum absolute atomic E-state index is 0.262. The van der Waals surface area contributed by atoms with Gasteiger partial charge in [0.15, 0.2) is 0 Å². The van der Waals surface area contributed by atoms with Crippen LogP contribution in [0.2, 0.25) is 0 Å². The summed E-state index contributed by atoms with van der Waals surface area (Å²) in [5, 5.41) is 3.36. The molecular weight excluding hydrogens is 203 g/mol. The van der Waals surface area contributed by atoms with E-state index in [2.05, 4.69) is 19.2 Å². The Morgan fingerprint density at radius 1 is 1.44 bits per heavy atom. The van der Waals surface area contributed by atoms with Crippen LogP contribution in [-0.2, 0) is 6.54 Å². The van der Waals surface area contributed by atoms with Crippen molar-refractivity contribution >= 4 is 5.69 Å². The molecule has 0 fully saturated rings. The number of nitrogen functional groups attached to an aromatic ring is 1. The van der Waals surface area contributed by atoms with Gasteiger partial charge in [0.2, 0.25) is 0 Å². The highest BCUT2D eigenvalue weighted by atomic mass is 19.1. The lowest BCUT2D eigenvalue weighted by Gasteiger charge is -2.14. The van der Waals surface area contributed by atoms with E-state index in [1.807, 2.05) is 6.07 Å². The molecule has 3 N–H and O–H groups in total. The Labute approximate surface area is 97.0 Å². The van der Waals surface area contributed by atoms with E-state index in [0.717, 1.165) is 12.0 Å². The molecule has 0 spiro atoms. The molecule has 3 heteroatoms. The molecule has 0 saturated carbocycles. The minimum Gasteiger partial charge on any atom is -0.396 e. The van der Waals surface area contributed by atoms with Gasteiger partial charge in [0.05, 0.1) is 5.69 Å². The zero-order valence-corrected chi connectivity index (χ0v) is 10.1. The molecule has 0 saturated heterocycles. The topological polar surface area (TPSA) is 38.0 Å². The molecule has 1 aromatic carbocycles. The molecule has 1 atom stereocenters. The van der Waals surface area contributed by atoms with Crippen molar-refractivity contribution in [3.8, 4) is 0 Å². The molecule has 1 unspecified atom stereocenters. The molecule has 0 aliphatic carbocycles. The summed E-state index contributed by atoms with van der Waals surface area (Å²) >= 11 is 0. The Kier molecular flexibility index (Phi) is 5.26. The Bertz CT molecular complexity index is 326. The molecule has 90 valence electrons. The van der Waals surface area contributed by atoms with Crippen LogP contribution >= 0.6 is 0 Å². The van der Waals surface area contributed by atoms with E-state index in [1.54, 1.807) is 6.07 Å². The van der Waals surface area contributed by atoms with Gasteiger partial charge in [-0.1, -0.05) is 31.9 Å². The lowest BCUT2D eigenvalue weighted by atomic mass is 10.1. The second-order valence-electron chi connectivity index (χ2n) is 4.24. The van der Waals surface area contributed by atoms with Crippen LogP contribution in [0.5, 0.6) is 0 Å². The maximum absolute atomic E-state index is 13.2. The molecule has 0 aromatic heterocycles. The Morgan fingerprint density at radius 2 is 2.19 bits per heavy atom. The summed E-state index contributed by atoms with van der Waals surface area (Å²) in [5.74, 6) is -0.333. The number of rotatable bonds is 6. The van der Waals surface area contributed by atoms with E-state index in [9.17, 15) is 4.39 Å². The number of halogens is 1. The van der Waals surface area contributed by atoms with Crippen molar-refractivity contribution in [2.24, 2.45) is 0 Å². The number of hydrogen-bond acceptors (Lipinski definition) is 2. The van der Waals surface area contributed by atoms with Crippen LogP contribution in [-0.4, -0.2) is 6.04 Å². The van der Waals surface area contributed by atoms with Crippen LogP contribution in [0, 0.1) is 5.82 Å². The van der Waals surface area contributed by atoms with E-state index >= 15 is 0 Å². The maximum atomic E-state index is 13.2. The first-order valence-corrected chi connectivity index (χ1v) is 5.91. The molecule has 1 rings (SSSR count). The van der Waals surface area contributed by atoms with E-state index in [4.69, 9.17) is 5.73 Å². The average Bonchev–Trinajstić information content (AvgIpc) is 2.28. The summed E-state index contributed by atoms with van der Waals surface area (Å²) in [6.07, 6.45) is 3.56. The highest BCUT2D eigenvalue weighted by Crippen LogP contribution is 2.15. The third-order valence-electron chi connectivity index (χ3n) is 2.77. The smallest absolute Gasteiger partial charge is 0.146 e. The average molecular weight is 224 g/mol. The first-order chi connectivity index (χ1) is 7.65. The summed E-state index contributed by atoms with van der Waals surface area (Å²) < 4.78 is 13.2. The summed E-state index contributed by atoms with van der Waals surface area (Å²) in [6, 6.07) is 5.39. The zero-order valence-electron chi connectivity index (χ0n) is 10.1. The minimum atomic E-state index is -0.333. The van der Waals surface area contributed by atoms with Crippen LogP contribution in [0.25, 0.3) is 0 Å². The molecule has 2 nitrogen and oxygen atoms in total. The van der Waals surface area contributed by atoms with Crippen molar-refractivity contribution in [3.63, 3.8) is 0 Å². The standard InChI is InChI=1S/C13H21FN2/c1-3-4-6-10(2)16-9-11-7-5-8-12(14)13(11)15/h5,7-8,10,16H,3-4,6,9,15H2,1-2H3. The summed E-state index contributed by atoms with van der Waals surface area (Å²) in [7, 11) is 0. The molecule has 0 amide bonds. The molecule has 16 heavy (non-hydrogen) atoms. The number of hydrogen-bond donors (Lipinski definition) is 2. The van der Waals surface area contributed by atoms with Gasteiger partial charge in [0.1, 0.15) is 5.82 Å². The quantitative estimate of drug-likeness (QED) is 0.729. The third-order valence-corrected chi connectivity index (χ3v) is 2.77. The number of anilines is 1. The van der Waals surface area contributed by atoms with Gasteiger partial charge in [-0.05, 0) is 25.0 Å². The van der Waals surface area contributed by atoms with Crippen molar-refractivity contribution < 1.29 is 4.39 Å². The maximum Gasteiger partial charge on any atom is 0.146 e. The normalized spacial score (nSPS) is 12.7. The van der Waals surface area contributed by atoms with Crippen molar-refractivity contribution in [1.29, 1.82) is 0 Å². The largest absolute Gasteiger partial charge is 0.396 e. The van der Waals surface area contributed by atoms with Gasteiger partial charge in [-0.15, -0.1) is 0 Å². The number of benzene rings is 1. The number of unbranched alkanes of at least 4 members (excludes halogenated alkanes) is 1. The number of nitrogens with two attached hydrogens (primary N) is 1. The summed E-state index contributed by atoms with van der Waals surface area (Å²) in [5.41, 5.74) is 6.75. The predicted molar refractivity (Wildman–Crippen MR) is 66.6 cm³/mol. The molecule has 0 aliphatic heterocycles. The predicted octanol–water partition coefficient (Wildman–Crippen LogP) is 3.08. The van der Waals surface area contributed by atoms with E-state index in [0.29, 0.717) is 12.6 Å². The Balaban J connectivity index is 2.45. The highest BCUT2D eigenvalue weighted by molar-refractivity contribution is 5.47. The van der Waals surface area contributed by atoms with Gasteiger partial charge in [0.25, 0.3) is 0 Å². The Hall–Kier alpha value is -1.09. The fourth-order valence-electron chi connectivity index (χ4n) is 1.63. The molecule has 0 aliphatic rings. The van der Waals surface area contributed by atoms with Gasteiger partial charge in [-0.25, -0.2) is 4.39 Å². The molecular formula is C13H21FN2. The van der Waals surface area contributed by atoms with Crippen molar-refractivity contribution in [2.45, 2.75) is 45.7 Å². The number of para-hydroxylation sites is 1. The molecule has 0 bridgehead atoms. The van der Waals surface area contributed by atoms with Gasteiger partial charge in [0, 0.05) is 12.6 Å².